The van der Waals surface area contributed by atoms with Gasteiger partial charge in [0.05, 0.1) is 11.4 Å². The van der Waals surface area contributed by atoms with Crippen molar-refractivity contribution in [3.63, 3.8) is 0 Å². The van der Waals surface area contributed by atoms with E-state index in [1.165, 1.54) is 50.5 Å². The number of hydrogen-bond donors (Lipinski definition) is 0. The molecule has 0 saturated carbocycles. The fraction of sp³-hybridized carbons (Fsp3) is 0.0882. The second-order valence-corrected chi connectivity index (χ2v) is 18.7. The molecule has 0 heterocycles. The zero-order chi connectivity index (χ0) is 48.1. The summed E-state index contributed by atoms with van der Waals surface area (Å²) in [7, 11) is 0. The van der Waals surface area contributed by atoms with E-state index in [-0.39, 0.29) is 0 Å². The summed E-state index contributed by atoms with van der Waals surface area (Å²) in [6.07, 6.45) is 22.5. The van der Waals surface area contributed by atoms with Crippen LogP contribution >= 0.6 is 0 Å². The fourth-order valence-electron chi connectivity index (χ4n) is 10.6. The predicted molar refractivity (Wildman–Crippen MR) is 306 cm³/mol. The first-order valence-electron chi connectivity index (χ1n) is 25.4. The van der Waals surface area contributed by atoms with Crippen molar-refractivity contribution < 1.29 is 0 Å². The van der Waals surface area contributed by atoms with Crippen molar-refractivity contribution in [2.45, 2.75) is 38.5 Å². The number of hydrogen-bond acceptors (Lipinski definition) is 4. The van der Waals surface area contributed by atoms with Gasteiger partial charge in [-0.1, -0.05) is 140 Å². The Balaban J connectivity index is 0.882. The highest BCUT2D eigenvalue weighted by atomic mass is 15.2. The van der Waals surface area contributed by atoms with E-state index >= 15 is 0 Å². The molecule has 0 amide bonds. The zero-order valence-corrected chi connectivity index (χ0v) is 40.4. The van der Waals surface area contributed by atoms with E-state index in [0.717, 1.165) is 89.7 Å². The van der Waals surface area contributed by atoms with Gasteiger partial charge in [-0.2, -0.15) is 0 Å². The fourth-order valence-corrected chi connectivity index (χ4v) is 10.6. The summed E-state index contributed by atoms with van der Waals surface area (Å²) in [5.41, 5.74) is 21.3. The van der Waals surface area contributed by atoms with Crippen molar-refractivity contribution in [2.24, 2.45) is 0 Å². The van der Waals surface area contributed by atoms with Gasteiger partial charge in [0.1, 0.15) is 0 Å². The first-order chi connectivity index (χ1) is 35.7. The monoisotopic (exact) mass is 928 g/mol. The third kappa shape index (κ3) is 8.96. The number of benzene rings is 9. The number of anilines is 11. The van der Waals surface area contributed by atoms with Crippen molar-refractivity contribution in [1.82, 2.24) is 0 Å². The van der Waals surface area contributed by atoms with Crippen molar-refractivity contribution in [3.8, 4) is 11.1 Å². The summed E-state index contributed by atoms with van der Waals surface area (Å²) < 4.78 is 0. The van der Waals surface area contributed by atoms with Crippen LogP contribution in [0.4, 0.5) is 62.6 Å². The Morgan fingerprint density at radius 1 is 0.250 bits per heavy atom. The first kappa shape index (κ1) is 44.4. The summed E-state index contributed by atoms with van der Waals surface area (Å²) in [6.45, 7) is 0. The van der Waals surface area contributed by atoms with Crippen molar-refractivity contribution >= 4 is 74.7 Å². The van der Waals surface area contributed by atoms with Crippen LogP contribution in [0.15, 0.2) is 261 Å². The van der Waals surface area contributed by atoms with E-state index in [1.807, 2.05) is 0 Å². The van der Waals surface area contributed by atoms with Crippen LogP contribution in [0.25, 0.3) is 23.3 Å². The van der Waals surface area contributed by atoms with Crippen LogP contribution in [-0.2, 0) is 12.8 Å². The second kappa shape index (κ2) is 20.2. The lowest BCUT2D eigenvalue weighted by atomic mass is 9.94. The summed E-state index contributed by atoms with van der Waals surface area (Å²) in [4.78, 5) is 9.52. The Kier molecular flexibility index (Phi) is 12.5. The molecule has 9 aromatic carbocycles. The molecule has 0 fully saturated rings. The average molecular weight is 929 g/mol. The molecular formula is C68H56N4. The SMILES string of the molecule is C1=CC(N(c2ccccc2)c2ccc(N(c3ccc(-c4ccc(N(c5ccc(N(c6ccccc6)c6ccccc6)cc5)c5cccc6c5C=CCC6)cc4)cc3)c3cccc4c3C=CCC4)cc2)=CCC1. The number of fused-ring (bicyclic) bond motifs is 2. The highest BCUT2D eigenvalue weighted by Gasteiger charge is 2.23. The van der Waals surface area contributed by atoms with Crippen LogP contribution in [0.1, 0.15) is 47.9 Å². The quantitative estimate of drug-likeness (QED) is 0.114. The van der Waals surface area contributed by atoms with E-state index in [2.05, 4.69) is 287 Å². The molecule has 0 radical (unpaired) electrons. The van der Waals surface area contributed by atoms with Crippen molar-refractivity contribution in [1.29, 1.82) is 0 Å². The Morgan fingerprint density at radius 2 is 0.597 bits per heavy atom. The minimum absolute atomic E-state index is 1.04. The van der Waals surface area contributed by atoms with Gasteiger partial charge in [0.2, 0.25) is 0 Å². The van der Waals surface area contributed by atoms with Crippen LogP contribution in [0.2, 0.25) is 0 Å². The van der Waals surface area contributed by atoms with Crippen LogP contribution in [0.3, 0.4) is 0 Å². The molecule has 9 aromatic rings. The van der Waals surface area contributed by atoms with E-state index in [1.54, 1.807) is 0 Å². The minimum atomic E-state index is 1.04. The molecule has 3 aliphatic carbocycles. The van der Waals surface area contributed by atoms with Gasteiger partial charge in [-0.3, -0.25) is 0 Å². The molecule has 0 aromatic heterocycles. The number of allylic oxidation sites excluding steroid dienone is 5. The molecular weight excluding hydrogens is 873 g/mol. The van der Waals surface area contributed by atoms with Crippen molar-refractivity contribution in [2.75, 3.05) is 19.6 Å². The maximum atomic E-state index is 2.43. The second-order valence-electron chi connectivity index (χ2n) is 18.7. The van der Waals surface area contributed by atoms with Gasteiger partial charge in [0.25, 0.3) is 0 Å². The van der Waals surface area contributed by atoms with Gasteiger partial charge in [0, 0.05) is 68.0 Å². The van der Waals surface area contributed by atoms with E-state index in [9.17, 15) is 0 Å². The lowest BCUT2D eigenvalue weighted by Gasteiger charge is -2.31. The molecule has 0 spiro atoms. The van der Waals surface area contributed by atoms with Crippen molar-refractivity contribution in [3.05, 3.63) is 283 Å². The Labute approximate surface area is 424 Å². The minimum Gasteiger partial charge on any atom is -0.311 e. The maximum absolute atomic E-state index is 2.43. The largest absolute Gasteiger partial charge is 0.311 e. The highest BCUT2D eigenvalue weighted by molar-refractivity contribution is 5.88. The topological polar surface area (TPSA) is 13.0 Å². The van der Waals surface area contributed by atoms with E-state index < -0.39 is 0 Å². The van der Waals surface area contributed by atoms with Gasteiger partial charge in [-0.05, 0) is 188 Å². The summed E-state index contributed by atoms with van der Waals surface area (Å²) >= 11 is 0. The number of aryl methyl sites for hydroxylation is 2. The standard InChI is InChI=1S/C68H56N4/c1-5-23-55(24-6-1)69(56-25-7-2-8-26-56)59-43-47-63(48-44-59)71(67-33-17-21-53-19-13-15-31-65(53)67)61-39-35-51(36-40-61)52-37-41-62(42-38-52)72(68-34-18-22-54-20-14-16-32-66(54)68)64-49-45-60(46-50-64)70(57-27-9-3-10-28-57)58-29-11-4-12-30-58/h1-3,5-11,15-18,21-50H,4,12-14,19-20H2. The molecule has 72 heavy (non-hydrogen) atoms. The van der Waals surface area contributed by atoms with Crippen LogP contribution in [0, 0.1) is 0 Å². The average Bonchev–Trinajstić information content (AvgIpc) is 3.46. The van der Waals surface area contributed by atoms with E-state index in [0.29, 0.717) is 0 Å². The molecule has 12 rings (SSSR count). The Morgan fingerprint density at radius 3 is 1.00 bits per heavy atom. The van der Waals surface area contributed by atoms with Gasteiger partial charge in [-0.15, -0.1) is 0 Å². The van der Waals surface area contributed by atoms with Gasteiger partial charge < -0.3 is 19.6 Å². The molecule has 0 atom stereocenters. The zero-order valence-electron chi connectivity index (χ0n) is 40.4. The molecule has 348 valence electrons. The maximum Gasteiger partial charge on any atom is 0.0536 e. The molecule has 0 N–H and O–H groups in total. The van der Waals surface area contributed by atoms with Crippen LogP contribution in [0.5, 0.6) is 0 Å². The molecule has 0 aliphatic heterocycles. The highest BCUT2D eigenvalue weighted by Crippen LogP contribution is 2.45. The van der Waals surface area contributed by atoms with Crippen LogP contribution in [-0.4, -0.2) is 0 Å². The van der Waals surface area contributed by atoms with Gasteiger partial charge in [-0.25, -0.2) is 0 Å². The van der Waals surface area contributed by atoms with Gasteiger partial charge in [0.15, 0.2) is 0 Å². The lowest BCUT2D eigenvalue weighted by Crippen LogP contribution is -2.17. The Hall–Kier alpha value is -8.86. The summed E-state index contributed by atoms with van der Waals surface area (Å²) in [5.74, 6) is 0. The predicted octanol–water partition coefficient (Wildman–Crippen LogP) is 19.1. The Bertz CT molecular complexity index is 3390. The van der Waals surface area contributed by atoms with Gasteiger partial charge >= 0.3 is 0 Å². The summed E-state index contributed by atoms with van der Waals surface area (Å²) in [5, 5.41) is 0. The van der Waals surface area contributed by atoms with E-state index in [4.69, 9.17) is 0 Å². The molecule has 3 aliphatic rings. The molecule has 0 bridgehead atoms. The normalized spacial score (nSPS) is 13.4. The number of para-hydroxylation sites is 3. The molecule has 0 saturated heterocycles. The smallest absolute Gasteiger partial charge is 0.0536 e. The third-order valence-corrected chi connectivity index (χ3v) is 14.2. The number of rotatable bonds is 13. The lowest BCUT2D eigenvalue weighted by molar-refractivity contribution is 0.983. The van der Waals surface area contributed by atoms with Crippen LogP contribution < -0.4 is 19.6 Å². The molecule has 0 unspecified atom stereocenters. The molecule has 4 heteroatoms. The summed E-state index contributed by atoms with van der Waals surface area (Å²) in [6, 6.07) is 81.7. The first-order valence-corrected chi connectivity index (χ1v) is 25.4. The number of nitrogens with zero attached hydrogens (tertiary/aromatic N) is 4. The molecule has 4 nitrogen and oxygen atoms in total. The third-order valence-electron chi connectivity index (χ3n) is 14.2.